The number of hydrogen-bond acceptors (Lipinski definition) is 16. The molecule has 1 atom stereocenters. The molecule has 0 radical (unpaired) electrons. The first-order valence-corrected chi connectivity index (χ1v) is 24.7. The Hall–Kier alpha value is -6.59. The third kappa shape index (κ3) is 15.4. The third-order valence-corrected chi connectivity index (χ3v) is 12.6. The van der Waals surface area contributed by atoms with Gasteiger partial charge in [-0.15, -0.1) is 11.5 Å². The summed E-state index contributed by atoms with van der Waals surface area (Å²) in [6.07, 6.45) is 10.4. The van der Waals surface area contributed by atoms with E-state index in [9.17, 15) is 36.9 Å². The Morgan fingerprint density at radius 3 is 2.20 bits per heavy atom. The number of carbonyl (C=O) groups excluding carboxylic acids is 5. The molecule has 0 saturated carbocycles. The summed E-state index contributed by atoms with van der Waals surface area (Å²) in [5.41, 5.74) is 4.00. The molecule has 0 aliphatic carbocycles. The number of ketones is 1. The fourth-order valence-electron chi connectivity index (χ4n) is 8.01. The summed E-state index contributed by atoms with van der Waals surface area (Å²) < 4.78 is 61.2. The Morgan fingerprint density at radius 2 is 1.55 bits per heavy atom. The lowest BCUT2D eigenvalue weighted by Gasteiger charge is -2.36. The number of aromatic nitrogens is 5. The van der Waals surface area contributed by atoms with Crippen LogP contribution in [0.5, 0.6) is 5.75 Å². The van der Waals surface area contributed by atoms with E-state index < -0.39 is 51.3 Å². The van der Waals surface area contributed by atoms with Crippen LogP contribution >= 0.6 is 0 Å². The minimum Gasteiger partial charge on any atom is -0.494 e. The number of piperazine rings is 1. The molecule has 6 rings (SSSR count). The molecule has 3 aromatic heterocycles. The second-order valence-electron chi connectivity index (χ2n) is 16.5. The number of nitrogens with one attached hydrogen (secondary N) is 3. The average molecular weight is 1010 g/mol. The van der Waals surface area contributed by atoms with Crippen LogP contribution in [0.4, 0.5) is 0 Å². The SMILES string of the molecule is C#CCOCCOCCOCCOCCC(=O)N[C@@H](CS(=O)(=O)O)C(=O)N1CCN(CCNC(=O)c2ncn(-c3ncc(OC)c4c(C(=O)C(=O)N5CCC(=C(C)c6ccccc6)CC5)c[nH]c34)n2)CC1. The monoisotopic (exact) mass is 1000 g/mol. The Labute approximate surface area is 411 Å². The first kappa shape index (κ1) is 53.8. The molecule has 2 fully saturated rings. The van der Waals surface area contributed by atoms with Gasteiger partial charge in [0.25, 0.3) is 27.7 Å². The first-order chi connectivity index (χ1) is 34.3. The van der Waals surface area contributed by atoms with Crippen molar-refractivity contribution in [1.29, 1.82) is 0 Å². The Balaban J connectivity index is 0.936. The molecule has 71 heavy (non-hydrogen) atoms. The van der Waals surface area contributed by atoms with E-state index in [4.69, 9.17) is 30.1 Å². The van der Waals surface area contributed by atoms with Crippen molar-refractivity contribution in [2.24, 2.45) is 0 Å². The van der Waals surface area contributed by atoms with Gasteiger partial charge >= 0.3 is 0 Å². The molecule has 0 unspecified atom stereocenters. The molecule has 382 valence electrons. The van der Waals surface area contributed by atoms with E-state index in [0.29, 0.717) is 82.9 Å². The molecule has 24 heteroatoms. The first-order valence-electron chi connectivity index (χ1n) is 23.1. The lowest BCUT2D eigenvalue weighted by atomic mass is 9.94. The zero-order valence-corrected chi connectivity index (χ0v) is 40.6. The highest BCUT2D eigenvalue weighted by molar-refractivity contribution is 7.85. The largest absolute Gasteiger partial charge is 0.494 e. The maximum absolute atomic E-state index is 13.8. The summed E-state index contributed by atoms with van der Waals surface area (Å²) in [7, 11) is -3.21. The lowest BCUT2D eigenvalue weighted by Crippen LogP contribution is -2.57. The van der Waals surface area contributed by atoms with Crippen LogP contribution in [0.15, 0.2) is 54.6 Å². The van der Waals surface area contributed by atoms with E-state index in [1.807, 2.05) is 23.1 Å². The third-order valence-electron chi connectivity index (χ3n) is 11.8. The van der Waals surface area contributed by atoms with Crippen LogP contribution in [-0.4, -0.2) is 206 Å². The number of piperidine rings is 1. The van der Waals surface area contributed by atoms with Crippen LogP contribution in [0.25, 0.3) is 22.3 Å². The molecule has 23 nitrogen and oxygen atoms in total. The van der Waals surface area contributed by atoms with Crippen LogP contribution in [0.2, 0.25) is 0 Å². The number of terminal acetylenes is 1. The Bertz CT molecular complexity index is 2650. The number of amides is 4. The van der Waals surface area contributed by atoms with Crippen molar-refractivity contribution >= 4 is 56.0 Å². The topological polar surface area (TPSA) is 279 Å². The molecule has 5 heterocycles. The van der Waals surface area contributed by atoms with Crippen molar-refractivity contribution in [1.82, 2.24) is 50.1 Å². The quantitative estimate of drug-likeness (QED) is 0.0222. The van der Waals surface area contributed by atoms with E-state index in [-0.39, 0.29) is 75.4 Å². The van der Waals surface area contributed by atoms with Crippen molar-refractivity contribution in [3.05, 3.63) is 71.6 Å². The summed E-state index contributed by atoms with van der Waals surface area (Å²) in [6.45, 7) is 6.70. The molecule has 1 aromatic carbocycles. The number of likely N-dealkylation sites (tertiary alicyclic amines) is 1. The second kappa shape index (κ2) is 26.6. The van der Waals surface area contributed by atoms with Crippen molar-refractivity contribution in [2.45, 2.75) is 32.2 Å². The fraction of sp³-hybridized carbons (Fsp3) is 0.489. The summed E-state index contributed by atoms with van der Waals surface area (Å²) in [5.74, 6) is -1.54. The van der Waals surface area contributed by atoms with Gasteiger partial charge in [-0.05, 0) is 30.9 Å². The lowest BCUT2D eigenvalue weighted by molar-refractivity contribution is -0.137. The van der Waals surface area contributed by atoms with Gasteiger partial charge in [0.1, 0.15) is 30.5 Å². The molecule has 4 amide bonds. The second-order valence-corrected chi connectivity index (χ2v) is 18.0. The summed E-state index contributed by atoms with van der Waals surface area (Å²) in [6, 6.07) is 8.54. The van der Waals surface area contributed by atoms with Crippen molar-refractivity contribution in [3.8, 4) is 23.9 Å². The summed E-state index contributed by atoms with van der Waals surface area (Å²) in [4.78, 5) is 83.2. The van der Waals surface area contributed by atoms with E-state index in [0.717, 1.165) is 5.56 Å². The highest BCUT2D eigenvalue weighted by atomic mass is 32.2. The number of hydrogen-bond donors (Lipinski definition) is 4. The zero-order chi connectivity index (χ0) is 50.8. The van der Waals surface area contributed by atoms with Gasteiger partial charge in [-0.25, -0.2) is 9.97 Å². The number of carbonyl (C=O) groups is 5. The molecular weight excluding hydrogens is 945 g/mol. The molecule has 4 N–H and O–H groups in total. The highest BCUT2D eigenvalue weighted by Gasteiger charge is 2.33. The zero-order valence-electron chi connectivity index (χ0n) is 39.8. The van der Waals surface area contributed by atoms with Crippen molar-refractivity contribution in [2.75, 3.05) is 118 Å². The number of nitrogens with zero attached hydrogens (tertiary/aromatic N) is 7. The maximum atomic E-state index is 13.8. The molecule has 4 aromatic rings. The summed E-state index contributed by atoms with van der Waals surface area (Å²) in [5, 5.41) is 9.85. The van der Waals surface area contributed by atoms with Gasteiger partial charge in [0.15, 0.2) is 5.82 Å². The van der Waals surface area contributed by atoms with E-state index in [1.54, 1.807) is 4.90 Å². The smallest absolute Gasteiger partial charge is 0.295 e. The van der Waals surface area contributed by atoms with Crippen molar-refractivity contribution in [3.63, 3.8) is 0 Å². The number of pyridine rings is 1. The minimum atomic E-state index is -4.63. The van der Waals surface area contributed by atoms with Crippen LogP contribution in [-0.2, 0) is 43.4 Å². The molecule has 0 bridgehead atoms. The Morgan fingerprint density at radius 1 is 0.887 bits per heavy atom. The van der Waals surface area contributed by atoms with Crippen LogP contribution in [0.1, 0.15) is 52.7 Å². The number of Topliss-reactive ketones (excluding diaryl/α,β-unsaturated/α-hetero) is 1. The van der Waals surface area contributed by atoms with E-state index in [2.05, 4.69) is 55.7 Å². The van der Waals surface area contributed by atoms with Crippen LogP contribution < -0.4 is 15.4 Å². The van der Waals surface area contributed by atoms with Crippen molar-refractivity contribution < 1.29 is 60.6 Å². The van der Waals surface area contributed by atoms with Gasteiger partial charge in [0.2, 0.25) is 17.6 Å². The molecule has 2 aliphatic rings. The van der Waals surface area contributed by atoms with E-state index >= 15 is 0 Å². The molecule has 2 saturated heterocycles. The van der Waals surface area contributed by atoms with Gasteiger partial charge in [-0.3, -0.25) is 33.4 Å². The maximum Gasteiger partial charge on any atom is 0.295 e. The fourth-order valence-corrected chi connectivity index (χ4v) is 8.66. The van der Waals surface area contributed by atoms with Crippen LogP contribution in [0, 0.1) is 12.3 Å². The standard InChI is InChI=1S/C47H60N10O13S/c1-4-21-67-23-25-69-27-28-70-26-24-68-22-12-39(58)52-37(31-71(63,64)65)46(61)56-19-17-54(18-20-56)16-13-48-45(60)43-51-32-57(53-43)44-41-40(38(66-3)30-50-44)36(29-49-41)42(59)47(62)55-14-10-35(11-15-55)33(2)34-8-6-5-7-9-34/h1,5-9,29-30,32,37,49H,10-28,31H2,2-3H3,(H,48,60)(H,52,58)(H,63,64,65)/t37-/m0/s1. The number of aromatic amines is 1. The predicted octanol–water partition coefficient (Wildman–Crippen LogP) is 0.767. The average Bonchev–Trinajstić information content (AvgIpc) is 4.06. The number of benzene rings is 1. The van der Waals surface area contributed by atoms with Gasteiger partial charge < -0.3 is 49.1 Å². The van der Waals surface area contributed by atoms with Gasteiger partial charge in [0.05, 0.1) is 76.0 Å². The highest BCUT2D eigenvalue weighted by Crippen LogP contribution is 2.33. The number of fused-ring (bicyclic) bond motifs is 1. The van der Waals surface area contributed by atoms with Gasteiger partial charge in [0, 0.05) is 65.0 Å². The van der Waals surface area contributed by atoms with Crippen LogP contribution in [0.3, 0.4) is 0 Å². The van der Waals surface area contributed by atoms with E-state index in [1.165, 1.54) is 46.6 Å². The normalized spacial score (nSPS) is 14.8. The molecule has 0 spiro atoms. The molecular formula is C47H60N10O13S. The predicted molar refractivity (Wildman–Crippen MR) is 257 cm³/mol. The number of allylic oxidation sites excluding steroid dienone is 1. The van der Waals surface area contributed by atoms with Gasteiger partial charge in [-0.1, -0.05) is 41.8 Å². The van der Waals surface area contributed by atoms with Gasteiger partial charge in [-0.2, -0.15) is 13.1 Å². The number of methoxy groups -OCH3 is 1. The Kier molecular flexibility index (Phi) is 20.1. The number of ether oxygens (including phenoxy) is 5. The molecule has 2 aliphatic heterocycles. The summed E-state index contributed by atoms with van der Waals surface area (Å²) >= 11 is 0. The number of H-pyrrole nitrogens is 1. The number of rotatable bonds is 26. The minimum absolute atomic E-state index is 0.0157.